The van der Waals surface area contributed by atoms with E-state index in [1.165, 1.54) is 0 Å². The van der Waals surface area contributed by atoms with E-state index >= 15 is 0 Å². The first-order chi connectivity index (χ1) is 7.63. The minimum absolute atomic E-state index is 1.96. The van der Waals surface area contributed by atoms with Crippen LogP contribution in [-0.2, 0) is 14.6 Å². The first-order valence-electron chi connectivity index (χ1n) is 3.42. The summed E-state index contributed by atoms with van der Waals surface area (Å²) in [5.41, 5.74) is 0. The Morgan fingerprint density at radius 3 is 1.28 bits per heavy atom. The Morgan fingerprint density at radius 2 is 1.06 bits per heavy atom. The van der Waals surface area contributed by atoms with Crippen molar-refractivity contribution in [2.24, 2.45) is 0 Å². The van der Waals surface area contributed by atoms with Gasteiger partial charge in [0.15, 0.2) is 0 Å². The summed E-state index contributed by atoms with van der Waals surface area (Å²) in [6.45, 7) is 0. The lowest BCUT2D eigenvalue weighted by molar-refractivity contribution is -0.509. The molecular formula is C5F10O3. The number of rotatable bonds is 2. The fourth-order valence-electron chi connectivity index (χ4n) is 0.398. The topological polar surface area (TPSA) is 35.5 Å². The Bertz CT molecular complexity index is 297. The van der Waals surface area contributed by atoms with Gasteiger partial charge in [-0.05, 0) is 0 Å². The highest BCUT2D eigenvalue weighted by atomic mass is 19.4. The first kappa shape index (κ1) is 16.7. The predicted octanol–water partition coefficient (Wildman–Crippen LogP) is 2.81. The maximum atomic E-state index is 12.4. The molecule has 0 aliphatic heterocycles. The van der Waals surface area contributed by atoms with Crippen molar-refractivity contribution in [1.29, 1.82) is 0 Å². The van der Waals surface area contributed by atoms with Gasteiger partial charge in [-0.3, -0.25) is 4.89 Å². The lowest BCUT2D eigenvalue weighted by Gasteiger charge is -2.27. The predicted molar refractivity (Wildman–Crippen MR) is 29.2 cm³/mol. The third-order valence-electron chi connectivity index (χ3n) is 1.19. The molecule has 0 heterocycles. The van der Waals surface area contributed by atoms with Gasteiger partial charge in [0.2, 0.25) is 0 Å². The van der Waals surface area contributed by atoms with Crippen LogP contribution in [0.25, 0.3) is 0 Å². The minimum Gasteiger partial charge on any atom is -0.284 e. The quantitative estimate of drug-likeness (QED) is 0.447. The van der Waals surface area contributed by atoms with Gasteiger partial charge < -0.3 is 0 Å². The average Bonchev–Trinajstić information content (AvgIpc) is 2.07. The zero-order chi connectivity index (χ0) is 15.0. The highest BCUT2D eigenvalue weighted by Crippen LogP contribution is 2.47. The Labute approximate surface area is 90.2 Å². The smallest absolute Gasteiger partial charge is 0.284 e. The molecule has 0 aromatic heterocycles. The zero-order valence-corrected chi connectivity index (χ0v) is 7.50. The summed E-state index contributed by atoms with van der Waals surface area (Å²) in [4.78, 5) is 13.9. The van der Waals surface area contributed by atoms with Crippen LogP contribution in [0.3, 0.4) is 0 Å². The molecule has 0 atom stereocenters. The van der Waals surface area contributed by atoms with Gasteiger partial charge in [0.1, 0.15) is 0 Å². The summed E-state index contributed by atoms with van der Waals surface area (Å²) >= 11 is 0. The van der Waals surface area contributed by atoms with Crippen molar-refractivity contribution in [2.45, 2.75) is 24.4 Å². The van der Waals surface area contributed by atoms with E-state index in [9.17, 15) is 48.7 Å². The van der Waals surface area contributed by atoms with Gasteiger partial charge in [0, 0.05) is 0 Å². The Hall–Kier alpha value is -1.27. The first-order valence-corrected chi connectivity index (χ1v) is 3.42. The van der Waals surface area contributed by atoms with E-state index in [1.54, 1.807) is 0 Å². The molecule has 0 saturated heterocycles. The molecule has 0 aliphatic carbocycles. The van der Waals surface area contributed by atoms with Crippen molar-refractivity contribution in [2.75, 3.05) is 0 Å². The molecule has 0 rings (SSSR count). The largest absolute Gasteiger partial charge is 0.494 e. The van der Waals surface area contributed by atoms with Crippen molar-refractivity contribution < 1.29 is 58.5 Å². The third kappa shape index (κ3) is 3.36. The summed E-state index contributed by atoms with van der Waals surface area (Å²) in [6, 6.07) is 0. The molecule has 0 bridgehead atoms. The summed E-state index contributed by atoms with van der Waals surface area (Å²) < 4.78 is 116. The van der Waals surface area contributed by atoms with E-state index in [-0.39, 0.29) is 0 Å². The maximum Gasteiger partial charge on any atom is 0.494 e. The summed E-state index contributed by atoms with van der Waals surface area (Å²) in [7, 11) is 0. The van der Waals surface area contributed by atoms with Crippen molar-refractivity contribution in [1.82, 2.24) is 0 Å². The molecule has 0 radical (unpaired) electrons. The molecule has 18 heavy (non-hydrogen) atoms. The zero-order valence-electron chi connectivity index (χ0n) is 7.50. The monoisotopic (exact) mass is 298 g/mol. The van der Waals surface area contributed by atoms with E-state index in [1.807, 2.05) is 4.89 Å². The summed E-state index contributed by atoms with van der Waals surface area (Å²) in [5, 5.41) is 0. The van der Waals surface area contributed by atoms with Crippen LogP contribution in [0.1, 0.15) is 0 Å². The Morgan fingerprint density at radius 1 is 0.722 bits per heavy atom. The number of hydrogen-bond donors (Lipinski definition) is 0. The molecule has 0 aromatic carbocycles. The van der Waals surface area contributed by atoms with E-state index in [0.717, 1.165) is 0 Å². The molecule has 0 aliphatic rings. The second-order valence-corrected chi connectivity index (χ2v) is 2.54. The normalized spacial score (nSPS) is 14.6. The molecule has 3 nitrogen and oxygen atoms in total. The van der Waals surface area contributed by atoms with E-state index in [4.69, 9.17) is 0 Å². The molecule has 0 amide bonds. The summed E-state index contributed by atoms with van der Waals surface area (Å²) in [5.74, 6) is -10.2. The van der Waals surface area contributed by atoms with Crippen molar-refractivity contribution in [3.8, 4) is 0 Å². The van der Waals surface area contributed by atoms with Crippen molar-refractivity contribution in [3.63, 3.8) is 0 Å². The van der Waals surface area contributed by atoms with Crippen molar-refractivity contribution >= 4 is 5.97 Å². The number of carbonyl (C=O) groups is 1. The van der Waals surface area contributed by atoms with Crippen LogP contribution in [0.4, 0.5) is 43.9 Å². The molecular weight excluding hydrogens is 298 g/mol. The van der Waals surface area contributed by atoms with Crippen LogP contribution < -0.4 is 0 Å². The SMILES string of the molecule is O=C(OOC(F)(C(F)(F)F)C(F)(F)F)C(F)(F)F. The lowest BCUT2D eigenvalue weighted by atomic mass is 10.3. The van der Waals surface area contributed by atoms with Crippen LogP contribution >= 0.6 is 0 Å². The maximum absolute atomic E-state index is 12.4. The molecule has 13 heteroatoms. The molecule has 0 aromatic rings. The number of halogens is 10. The van der Waals surface area contributed by atoms with Gasteiger partial charge in [-0.15, -0.1) is 4.89 Å². The summed E-state index contributed by atoms with van der Waals surface area (Å²) in [6.07, 6.45) is -19.6. The second kappa shape index (κ2) is 4.44. The van der Waals surface area contributed by atoms with Crippen LogP contribution in [0, 0.1) is 0 Å². The highest BCUT2D eigenvalue weighted by Gasteiger charge is 2.77. The highest BCUT2D eigenvalue weighted by molar-refractivity contribution is 5.74. The van der Waals surface area contributed by atoms with Crippen molar-refractivity contribution in [3.05, 3.63) is 0 Å². The molecule has 0 unspecified atom stereocenters. The molecule has 0 spiro atoms. The van der Waals surface area contributed by atoms with E-state index < -0.39 is 30.4 Å². The lowest BCUT2D eigenvalue weighted by Crippen LogP contribution is -2.55. The fraction of sp³-hybridized carbons (Fsp3) is 0.800. The Kier molecular flexibility index (Phi) is 4.13. The third-order valence-corrected chi connectivity index (χ3v) is 1.19. The molecule has 108 valence electrons. The van der Waals surface area contributed by atoms with Crippen LogP contribution in [0.15, 0.2) is 0 Å². The van der Waals surface area contributed by atoms with Gasteiger partial charge in [0.05, 0.1) is 0 Å². The van der Waals surface area contributed by atoms with Crippen LogP contribution in [0.5, 0.6) is 0 Å². The number of carbonyl (C=O) groups excluding carboxylic acids is 1. The standard InChI is InChI=1S/C5F10O3/c6-2(7,8)1(16)17-18-3(9,4(10,11)12)5(13,14)15. The molecule has 0 fully saturated rings. The van der Waals surface area contributed by atoms with Crippen LogP contribution in [-0.4, -0.2) is 30.4 Å². The van der Waals surface area contributed by atoms with Gasteiger partial charge in [0.25, 0.3) is 0 Å². The van der Waals surface area contributed by atoms with E-state index in [2.05, 4.69) is 4.89 Å². The van der Waals surface area contributed by atoms with Gasteiger partial charge in [-0.1, -0.05) is 0 Å². The second-order valence-electron chi connectivity index (χ2n) is 2.54. The molecule has 0 saturated carbocycles. The molecule has 0 N–H and O–H groups in total. The van der Waals surface area contributed by atoms with Gasteiger partial charge in [-0.25, -0.2) is 4.79 Å². The van der Waals surface area contributed by atoms with E-state index in [0.29, 0.717) is 0 Å². The van der Waals surface area contributed by atoms with Gasteiger partial charge in [-0.2, -0.15) is 43.9 Å². The average molecular weight is 298 g/mol. The minimum atomic E-state index is -6.81. The number of alkyl halides is 10. The fourth-order valence-corrected chi connectivity index (χ4v) is 0.398. The number of hydrogen-bond acceptors (Lipinski definition) is 3. The van der Waals surface area contributed by atoms with Gasteiger partial charge >= 0.3 is 30.4 Å². The van der Waals surface area contributed by atoms with Crippen LogP contribution in [0.2, 0.25) is 0 Å². The Balaban J connectivity index is 5.04.